The highest BCUT2D eigenvalue weighted by atomic mass is 16.5. The van der Waals surface area contributed by atoms with E-state index in [-0.39, 0.29) is 10.8 Å². The van der Waals surface area contributed by atoms with Crippen LogP contribution < -0.4 is 0 Å². The average molecular weight is 314 g/mol. The summed E-state index contributed by atoms with van der Waals surface area (Å²) in [4.78, 5) is 12.5. The lowest BCUT2D eigenvalue weighted by Gasteiger charge is -2.57. The van der Waals surface area contributed by atoms with Crippen molar-refractivity contribution in [2.45, 2.75) is 64.7 Å². The van der Waals surface area contributed by atoms with Gasteiger partial charge in [-0.25, -0.2) is 0 Å². The summed E-state index contributed by atoms with van der Waals surface area (Å²) >= 11 is 0. The van der Waals surface area contributed by atoms with Gasteiger partial charge in [0.15, 0.2) is 0 Å². The van der Waals surface area contributed by atoms with Gasteiger partial charge in [0.05, 0.1) is 12.9 Å². The summed E-state index contributed by atoms with van der Waals surface area (Å²) in [6, 6.07) is 0. The molecule has 0 bridgehead atoms. The summed E-state index contributed by atoms with van der Waals surface area (Å²) in [7, 11) is 0. The van der Waals surface area contributed by atoms with Gasteiger partial charge in [0, 0.05) is 17.3 Å². The molecule has 0 aromatic rings. The van der Waals surface area contributed by atoms with Gasteiger partial charge in [0.25, 0.3) is 0 Å². The van der Waals surface area contributed by atoms with E-state index in [2.05, 4.69) is 19.6 Å². The Morgan fingerprint density at radius 1 is 1.26 bits per heavy atom. The highest BCUT2D eigenvalue weighted by molar-refractivity contribution is 5.87. The molecule has 126 valence electrons. The molecule has 4 aliphatic carbocycles. The van der Waals surface area contributed by atoms with Gasteiger partial charge in [0.1, 0.15) is 5.78 Å². The number of ketones is 1. The molecule has 2 heteroatoms. The van der Waals surface area contributed by atoms with E-state index in [1.807, 2.05) is 0 Å². The smallest absolute Gasteiger partial charge is 0.139 e. The van der Waals surface area contributed by atoms with Gasteiger partial charge in [0.2, 0.25) is 0 Å². The molecule has 0 aliphatic heterocycles. The first-order valence-electron chi connectivity index (χ1n) is 9.57. The standard InChI is InChI=1S/C21H30O2/c1-3-23-14-21-12-5-4-6-15(21)7-8-16-17-9-10-19(22)20(17,2)13-11-18(16)21/h3,7,16-18H,1,4-6,8-14H2,2H3/t16-,17-,18-,20-,21+/m0/s1. The van der Waals surface area contributed by atoms with Crippen LogP contribution in [0, 0.1) is 28.6 Å². The predicted octanol–water partition coefficient (Wildman–Crippen LogP) is 5.05. The molecule has 5 atom stereocenters. The van der Waals surface area contributed by atoms with E-state index in [9.17, 15) is 4.79 Å². The molecule has 0 radical (unpaired) electrons. The van der Waals surface area contributed by atoms with E-state index in [1.165, 1.54) is 38.5 Å². The molecule has 0 N–H and O–H groups in total. The van der Waals surface area contributed by atoms with Crippen LogP contribution in [0.2, 0.25) is 0 Å². The Bertz CT molecular complexity index is 548. The van der Waals surface area contributed by atoms with Crippen molar-refractivity contribution in [1.82, 2.24) is 0 Å². The highest BCUT2D eigenvalue weighted by Crippen LogP contribution is 2.64. The highest BCUT2D eigenvalue weighted by Gasteiger charge is 2.59. The number of carbonyl (C=O) groups excluding carboxylic acids is 1. The lowest BCUT2D eigenvalue weighted by molar-refractivity contribution is -0.132. The van der Waals surface area contributed by atoms with Gasteiger partial charge >= 0.3 is 0 Å². The molecule has 4 aliphatic rings. The molecule has 23 heavy (non-hydrogen) atoms. The van der Waals surface area contributed by atoms with E-state index in [4.69, 9.17) is 4.74 Å². The lowest BCUT2D eigenvalue weighted by Crippen LogP contribution is -2.52. The van der Waals surface area contributed by atoms with E-state index < -0.39 is 0 Å². The first-order valence-corrected chi connectivity index (χ1v) is 9.57. The van der Waals surface area contributed by atoms with Gasteiger partial charge in [-0.05, 0) is 62.7 Å². The van der Waals surface area contributed by atoms with Crippen molar-refractivity contribution < 1.29 is 9.53 Å². The van der Waals surface area contributed by atoms with Crippen LogP contribution in [-0.2, 0) is 9.53 Å². The Balaban J connectivity index is 1.70. The third kappa shape index (κ3) is 2.09. The lowest BCUT2D eigenvalue weighted by atomic mass is 9.48. The van der Waals surface area contributed by atoms with Crippen molar-refractivity contribution in [2.24, 2.45) is 28.6 Å². The quantitative estimate of drug-likeness (QED) is 0.538. The second-order valence-electron chi connectivity index (χ2n) is 8.60. The average Bonchev–Trinajstić information content (AvgIpc) is 2.88. The van der Waals surface area contributed by atoms with Crippen molar-refractivity contribution in [3.05, 3.63) is 24.5 Å². The number of hydrogen-bond donors (Lipinski definition) is 0. The van der Waals surface area contributed by atoms with Crippen LogP contribution in [-0.4, -0.2) is 12.4 Å². The van der Waals surface area contributed by atoms with Gasteiger partial charge in [-0.15, -0.1) is 0 Å². The van der Waals surface area contributed by atoms with Crippen molar-refractivity contribution in [2.75, 3.05) is 6.61 Å². The minimum atomic E-state index is -0.0261. The maximum absolute atomic E-state index is 12.5. The van der Waals surface area contributed by atoms with Crippen molar-refractivity contribution in [3.63, 3.8) is 0 Å². The SMILES string of the molecule is C=COC[C@]12CCCCC1=CC[C@@H]1[C@@H]2CC[C@]2(C)C(=O)CC[C@@H]12. The Kier molecular flexibility index (Phi) is 3.70. The third-order valence-corrected chi connectivity index (χ3v) is 7.91. The van der Waals surface area contributed by atoms with Gasteiger partial charge in [-0.3, -0.25) is 4.79 Å². The Morgan fingerprint density at radius 2 is 2.13 bits per heavy atom. The molecule has 2 nitrogen and oxygen atoms in total. The van der Waals surface area contributed by atoms with Crippen LogP contribution in [0.4, 0.5) is 0 Å². The van der Waals surface area contributed by atoms with E-state index in [0.717, 1.165) is 25.9 Å². The Labute approximate surface area is 140 Å². The summed E-state index contributed by atoms with van der Waals surface area (Å²) in [5.74, 6) is 2.55. The molecule has 0 saturated heterocycles. The summed E-state index contributed by atoms with van der Waals surface area (Å²) in [5, 5.41) is 0. The Hall–Kier alpha value is -1.05. The molecule has 3 saturated carbocycles. The minimum Gasteiger partial charge on any atom is -0.501 e. The van der Waals surface area contributed by atoms with Gasteiger partial charge in [-0.1, -0.05) is 31.6 Å². The van der Waals surface area contributed by atoms with Crippen LogP contribution in [0.1, 0.15) is 64.7 Å². The molecule has 0 heterocycles. The second-order valence-corrected chi connectivity index (χ2v) is 8.60. The normalized spacial score (nSPS) is 45.5. The first kappa shape index (κ1) is 15.5. The van der Waals surface area contributed by atoms with Crippen LogP contribution in [0.3, 0.4) is 0 Å². The van der Waals surface area contributed by atoms with E-state index in [0.29, 0.717) is 23.5 Å². The summed E-state index contributed by atoms with van der Waals surface area (Å²) < 4.78 is 5.80. The number of Topliss-reactive ketones (excluding diaryl/α,β-unsaturated/α-hetero) is 1. The zero-order valence-corrected chi connectivity index (χ0v) is 14.5. The van der Waals surface area contributed by atoms with Gasteiger partial charge in [-0.2, -0.15) is 0 Å². The number of allylic oxidation sites excluding steroid dienone is 1. The Morgan fingerprint density at radius 3 is 2.96 bits per heavy atom. The summed E-state index contributed by atoms with van der Waals surface area (Å²) in [6.07, 6.45) is 14.8. The number of carbonyl (C=O) groups is 1. The van der Waals surface area contributed by atoms with Crippen molar-refractivity contribution >= 4 is 5.78 Å². The number of rotatable bonds is 3. The molecular formula is C21H30O2. The molecule has 0 aromatic carbocycles. The fourth-order valence-corrected chi connectivity index (χ4v) is 6.73. The maximum atomic E-state index is 12.5. The first-order chi connectivity index (χ1) is 11.1. The topological polar surface area (TPSA) is 26.3 Å². The molecule has 0 amide bonds. The fourth-order valence-electron chi connectivity index (χ4n) is 6.73. The number of ether oxygens (including phenoxy) is 1. The van der Waals surface area contributed by atoms with Crippen LogP contribution in [0.5, 0.6) is 0 Å². The largest absolute Gasteiger partial charge is 0.501 e. The van der Waals surface area contributed by atoms with Crippen molar-refractivity contribution in [1.29, 1.82) is 0 Å². The predicted molar refractivity (Wildman–Crippen MR) is 91.8 cm³/mol. The number of hydrogen-bond acceptors (Lipinski definition) is 2. The summed E-state index contributed by atoms with van der Waals surface area (Å²) in [6.45, 7) is 6.84. The fraction of sp³-hybridized carbons (Fsp3) is 0.762. The van der Waals surface area contributed by atoms with Crippen LogP contribution in [0.15, 0.2) is 24.5 Å². The second kappa shape index (κ2) is 5.50. The van der Waals surface area contributed by atoms with Gasteiger partial charge < -0.3 is 4.74 Å². The van der Waals surface area contributed by atoms with Crippen LogP contribution >= 0.6 is 0 Å². The zero-order chi connectivity index (χ0) is 16.1. The molecule has 0 spiro atoms. The zero-order valence-electron chi connectivity index (χ0n) is 14.5. The third-order valence-electron chi connectivity index (χ3n) is 7.91. The molecular weight excluding hydrogens is 284 g/mol. The molecule has 4 rings (SSSR count). The minimum absolute atomic E-state index is 0.0261. The van der Waals surface area contributed by atoms with E-state index >= 15 is 0 Å². The molecule has 0 aromatic heterocycles. The monoisotopic (exact) mass is 314 g/mol. The summed E-state index contributed by atoms with van der Waals surface area (Å²) in [5.41, 5.74) is 1.88. The van der Waals surface area contributed by atoms with E-state index in [1.54, 1.807) is 11.8 Å². The maximum Gasteiger partial charge on any atom is 0.139 e. The number of fused-ring (bicyclic) bond motifs is 5. The molecule has 0 unspecified atom stereocenters. The van der Waals surface area contributed by atoms with Crippen molar-refractivity contribution in [3.8, 4) is 0 Å². The van der Waals surface area contributed by atoms with Crippen LogP contribution in [0.25, 0.3) is 0 Å². The molecule has 3 fully saturated rings.